The van der Waals surface area contributed by atoms with Gasteiger partial charge < -0.3 is 10.2 Å². The van der Waals surface area contributed by atoms with E-state index < -0.39 is 0 Å². The van der Waals surface area contributed by atoms with E-state index >= 15 is 0 Å². The predicted octanol–water partition coefficient (Wildman–Crippen LogP) is 3.03. The van der Waals surface area contributed by atoms with E-state index in [-0.39, 0.29) is 5.91 Å². The highest BCUT2D eigenvalue weighted by atomic mass is 35.5. The molecule has 0 saturated carbocycles. The van der Waals surface area contributed by atoms with Crippen molar-refractivity contribution in [3.8, 4) is 0 Å². The second-order valence-corrected chi connectivity index (χ2v) is 8.53. The molecule has 6 heteroatoms. The highest BCUT2D eigenvalue weighted by Gasteiger charge is 2.33. The van der Waals surface area contributed by atoms with E-state index in [4.69, 9.17) is 16.6 Å². The van der Waals surface area contributed by atoms with Gasteiger partial charge in [-0.2, -0.15) is 0 Å². The zero-order chi connectivity index (χ0) is 18.6. The van der Waals surface area contributed by atoms with Crippen LogP contribution in [0.15, 0.2) is 48.5 Å². The molecule has 1 amide bonds. The molecule has 27 heavy (non-hydrogen) atoms. The average Bonchev–Trinajstić information content (AvgIpc) is 3.28. The number of quaternary nitrogens is 1. The van der Waals surface area contributed by atoms with Crippen LogP contribution in [0, 0.1) is 0 Å². The van der Waals surface area contributed by atoms with Gasteiger partial charge in [-0.25, -0.2) is 4.98 Å². The maximum atomic E-state index is 12.4. The molecule has 3 aromatic rings. The van der Waals surface area contributed by atoms with Crippen LogP contribution in [0.1, 0.15) is 29.5 Å². The van der Waals surface area contributed by atoms with Gasteiger partial charge >= 0.3 is 0 Å². The number of para-hydroxylation sites is 1. The molecular weight excluding hydrogens is 378 g/mol. The molecule has 0 aliphatic carbocycles. The Bertz CT molecular complexity index is 909. The van der Waals surface area contributed by atoms with Gasteiger partial charge in [-0.15, -0.1) is 11.3 Å². The molecule has 4 nitrogen and oxygen atoms in total. The third-order valence-corrected chi connectivity index (χ3v) is 6.49. The van der Waals surface area contributed by atoms with Crippen molar-refractivity contribution in [3.63, 3.8) is 0 Å². The fourth-order valence-electron chi connectivity index (χ4n) is 3.77. The summed E-state index contributed by atoms with van der Waals surface area (Å²) in [5.74, 6) is 0.111. The number of nitrogens with zero attached hydrogens (tertiary/aromatic N) is 1. The summed E-state index contributed by atoms with van der Waals surface area (Å²) in [6.45, 7) is 2.18. The Morgan fingerprint density at radius 3 is 3.00 bits per heavy atom. The van der Waals surface area contributed by atoms with E-state index in [1.165, 1.54) is 9.60 Å². The van der Waals surface area contributed by atoms with Crippen molar-refractivity contribution >= 4 is 39.1 Å². The van der Waals surface area contributed by atoms with E-state index in [9.17, 15) is 4.79 Å². The maximum absolute atomic E-state index is 12.4. The van der Waals surface area contributed by atoms with Crippen molar-refractivity contribution < 1.29 is 9.69 Å². The van der Waals surface area contributed by atoms with Gasteiger partial charge in [0.05, 0.1) is 16.8 Å². The van der Waals surface area contributed by atoms with Crippen LogP contribution < -0.4 is 10.2 Å². The number of rotatable bonds is 6. The first kappa shape index (κ1) is 18.4. The fourth-order valence-corrected chi connectivity index (χ4v) is 5.14. The van der Waals surface area contributed by atoms with Crippen LogP contribution in [0.5, 0.6) is 0 Å². The zero-order valence-corrected chi connectivity index (χ0v) is 16.7. The van der Waals surface area contributed by atoms with Gasteiger partial charge in [0.25, 0.3) is 5.91 Å². The first-order chi connectivity index (χ1) is 13.2. The van der Waals surface area contributed by atoms with Crippen LogP contribution in [-0.2, 0) is 11.2 Å². The third-order valence-electron chi connectivity index (χ3n) is 5.10. The monoisotopic (exact) mass is 400 g/mol. The molecule has 4 rings (SSSR count). The standard InChI is InChI=1S/C21H22ClN3OS/c22-16-6-3-5-15(13-16)10-11-23-20(26)14-25-12-4-8-18(25)21-24-17-7-1-2-9-19(17)27-21/h1-3,5-7,9,13,18H,4,8,10-12,14H2,(H,23,26)/p+1/t18-/m0/s1. The van der Waals surface area contributed by atoms with E-state index in [0.717, 1.165) is 46.9 Å². The summed E-state index contributed by atoms with van der Waals surface area (Å²) in [5.41, 5.74) is 2.21. The molecule has 2 atom stereocenters. The van der Waals surface area contributed by atoms with Crippen molar-refractivity contribution in [2.24, 2.45) is 0 Å². The first-order valence-corrected chi connectivity index (χ1v) is 10.6. The lowest BCUT2D eigenvalue weighted by Crippen LogP contribution is -3.11. The Morgan fingerprint density at radius 1 is 1.26 bits per heavy atom. The largest absolute Gasteiger partial charge is 0.351 e. The number of hydrogen-bond acceptors (Lipinski definition) is 3. The minimum Gasteiger partial charge on any atom is -0.351 e. The predicted molar refractivity (Wildman–Crippen MR) is 110 cm³/mol. The van der Waals surface area contributed by atoms with Crippen molar-refractivity contribution in [3.05, 3.63) is 64.1 Å². The normalized spacial score (nSPS) is 19.4. The van der Waals surface area contributed by atoms with Crippen LogP contribution in [0.2, 0.25) is 5.02 Å². The molecule has 1 saturated heterocycles. The van der Waals surface area contributed by atoms with Gasteiger partial charge in [0.1, 0.15) is 6.04 Å². The number of hydrogen-bond donors (Lipinski definition) is 2. The van der Waals surface area contributed by atoms with Crippen molar-refractivity contribution in [2.75, 3.05) is 19.6 Å². The van der Waals surface area contributed by atoms with E-state index in [0.29, 0.717) is 19.1 Å². The summed E-state index contributed by atoms with van der Waals surface area (Å²) in [5, 5.41) is 4.95. The summed E-state index contributed by atoms with van der Waals surface area (Å²) in [6, 6.07) is 16.4. The van der Waals surface area contributed by atoms with Gasteiger partial charge in [0, 0.05) is 24.4 Å². The maximum Gasteiger partial charge on any atom is 0.275 e. The Hall–Kier alpha value is -1.95. The Morgan fingerprint density at radius 2 is 2.15 bits per heavy atom. The molecule has 2 N–H and O–H groups in total. The van der Waals surface area contributed by atoms with E-state index in [1.54, 1.807) is 11.3 Å². The highest BCUT2D eigenvalue weighted by Crippen LogP contribution is 2.28. The number of carbonyl (C=O) groups excluding carboxylic acids is 1. The van der Waals surface area contributed by atoms with Crippen LogP contribution >= 0.6 is 22.9 Å². The number of carbonyl (C=O) groups is 1. The van der Waals surface area contributed by atoms with Crippen LogP contribution in [0.4, 0.5) is 0 Å². The molecule has 1 fully saturated rings. The van der Waals surface area contributed by atoms with Crippen LogP contribution in [-0.4, -0.2) is 30.5 Å². The van der Waals surface area contributed by atoms with Crippen molar-refractivity contribution in [1.82, 2.24) is 10.3 Å². The third kappa shape index (κ3) is 4.49. The number of benzene rings is 2. The number of nitrogens with one attached hydrogen (secondary N) is 2. The summed E-state index contributed by atoms with van der Waals surface area (Å²) in [4.78, 5) is 18.6. The lowest BCUT2D eigenvalue weighted by Gasteiger charge is -2.19. The van der Waals surface area contributed by atoms with Gasteiger partial charge in [0.2, 0.25) is 0 Å². The van der Waals surface area contributed by atoms with Gasteiger partial charge in [-0.05, 0) is 36.2 Å². The second kappa shape index (κ2) is 8.38. The molecule has 0 radical (unpaired) electrons. The second-order valence-electron chi connectivity index (χ2n) is 7.03. The Balaban J connectivity index is 1.33. The molecular formula is C21H23ClN3OS+. The number of halogens is 1. The lowest BCUT2D eigenvalue weighted by molar-refractivity contribution is -0.910. The molecule has 1 unspecified atom stereocenters. The van der Waals surface area contributed by atoms with Crippen molar-refractivity contribution in [1.29, 1.82) is 0 Å². The van der Waals surface area contributed by atoms with Crippen LogP contribution in [0.25, 0.3) is 10.2 Å². The molecule has 2 aromatic carbocycles. The summed E-state index contributed by atoms with van der Waals surface area (Å²) in [6.07, 6.45) is 3.04. The summed E-state index contributed by atoms with van der Waals surface area (Å²) in [7, 11) is 0. The van der Waals surface area contributed by atoms with Crippen LogP contribution in [0.3, 0.4) is 0 Å². The number of thiazole rings is 1. The molecule has 140 valence electrons. The molecule has 1 aromatic heterocycles. The van der Waals surface area contributed by atoms with Gasteiger partial charge in [-0.3, -0.25) is 4.79 Å². The SMILES string of the molecule is O=C(C[NH+]1CCC[C@H]1c1nc2ccccc2s1)NCCc1cccc(Cl)c1. The molecule has 1 aliphatic heterocycles. The molecule has 0 bridgehead atoms. The molecule has 0 spiro atoms. The average molecular weight is 401 g/mol. The molecule has 1 aliphatic rings. The minimum atomic E-state index is 0.111. The number of aromatic nitrogens is 1. The quantitative estimate of drug-likeness (QED) is 0.668. The van der Waals surface area contributed by atoms with Crippen molar-refractivity contribution in [2.45, 2.75) is 25.3 Å². The van der Waals surface area contributed by atoms with Gasteiger partial charge in [-0.1, -0.05) is 35.9 Å². The summed E-state index contributed by atoms with van der Waals surface area (Å²) < 4.78 is 1.23. The smallest absolute Gasteiger partial charge is 0.275 e. The Labute approximate surface area is 168 Å². The zero-order valence-electron chi connectivity index (χ0n) is 15.1. The topological polar surface area (TPSA) is 46.4 Å². The first-order valence-electron chi connectivity index (χ1n) is 9.40. The Kier molecular flexibility index (Phi) is 5.72. The number of likely N-dealkylation sites (tertiary alicyclic amines) is 1. The molecule has 2 heterocycles. The summed E-state index contributed by atoms with van der Waals surface area (Å²) >= 11 is 7.77. The lowest BCUT2D eigenvalue weighted by atomic mass is 10.1. The van der Waals surface area contributed by atoms with E-state index in [1.807, 2.05) is 30.3 Å². The van der Waals surface area contributed by atoms with Gasteiger partial charge in [0.15, 0.2) is 11.6 Å². The van der Waals surface area contributed by atoms with E-state index in [2.05, 4.69) is 23.5 Å². The number of amides is 1. The highest BCUT2D eigenvalue weighted by molar-refractivity contribution is 7.18. The fraction of sp³-hybridized carbons (Fsp3) is 0.333. The number of fused-ring (bicyclic) bond motifs is 1. The minimum absolute atomic E-state index is 0.111.